The Kier molecular flexibility index (Phi) is 13.9. The molecule has 0 aliphatic carbocycles. The van der Waals surface area contributed by atoms with Crippen LogP contribution in [0.1, 0.15) is 36.8 Å². The third-order valence-corrected chi connectivity index (χ3v) is 6.71. The Balaban J connectivity index is 1.83. The van der Waals surface area contributed by atoms with Crippen LogP contribution < -0.4 is 27.4 Å². The van der Waals surface area contributed by atoms with Crippen LogP contribution in [0.4, 0.5) is 0 Å². The minimum absolute atomic E-state index is 0.136. The van der Waals surface area contributed by atoms with E-state index in [4.69, 9.17) is 11.5 Å². The first-order valence-corrected chi connectivity index (χ1v) is 14.3. The van der Waals surface area contributed by atoms with Crippen molar-refractivity contribution in [2.24, 2.45) is 11.5 Å². The molecule has 0 aliphatic rings. The standard InChI is InChI=1S/C28H39N5O5S/c1-39-15-14-23(27(30)37)33-28(38)24(17-19-6-3-2-4-7-19)32-26(36)18-31-25(35)9-5-8-21(29)16-20-10-12-22(34)13-11-20/h2-4,6-7,10-13,21,23-24,34H,5,8-9,14-18,29H2,1H3,(H2,30,37)(H,31,35)(H,32,36)(H,33,38). The van der Waals surface area contributed by atoms with Gasteiger partial charge in [-0.1, -0.05) is 42.5 Å². The highest BCUT2D eigenvalue weighted by atomic mass is 32.2. The predicted octanol–water partition coefficient (Wildman–Crippen LogP) is 0.999. The smallest absolute Gasteiger partial charge is 0.243 e. The van der Waals surface area contributed by atoms with Crippen molar-refractivity contribution in [3.05, 3.63) is 65.7 Å². The van der Waals surface area contributed by atoms with Gasteiger partial charge in [0, 0.05) is 18.9 Å². The lowest BCUT2D eigenvalue weighted by Crippen LogP contribution is -2.55. The summed E-state index contributed by atoms with van der Waals surface area (Å²) in [5.41, 5.74) is 13.4. The van der Waals surface area contributed by atoms with E-state index in [9.17, 15) is 24.3 Å². The molecule has 0 saturated heterocycles. The largest absolute Gasteiger partial charge is 0.508 e. The first-order valence-electron chi connectivity index (χ1n) is 12.9. The van der Waals surface area contributed by atoms with Crippen molar-refractivity contribution in [3.63, 3.8) is 0 Å². The van der Waals surface area contributed by atoms with Gasteiger partial charge < -0.3 is 32.5 Å². The number of nitrogens with two attached hydrogens (primary N) is 2. The zero-order chi connectivity index (χ0) is 28.6. The van der Waals surface area contributed by atoms with Crippen molar-refractivity contribution in [2.75, 3.05) is 18.6 Å². The molecule has 2 aromatic carbocycles. The molecule has 39 heavy (non-hydrogen) atoms. The molecule has 0 radical (unpaired) electrons. The number of primary amides is 1. The Morgan fingerprint density at radius 1 is 0.872 bits per heavy atom. The fourth-order valence-electron chi connectivity index (χ4n) is 3.93. The molecule has 0 aromatic heterocycles. The van der Waals surface area contributed by atoms with E-state index < -0.39 is 29.8 Å². The Morgan fingerprint density at radius 3 is 2.18 bits per heavy atom. The van der Waals surface area contributed by atoms with E-state index >= 15 is 0 Å². The summed E-state index contributed by atoms with van der Waals surface area (Å²) in [6.07, 6.45) is 4.48. The van der Waals surface area contributed by atoms with Crippen molar-refractivity contribution in [1.29, 1.82) is 0 Å². The van der Waals surface area contributed by atoms with Crippen LogP contribution in [0.3, 0.4) is 0 Å². The molecule has 0 bridgehead atoms. The summed E-state index contributed by atoms with van der Waals surface area (Å²) in [7, 11) is 0. The SMILES string of the molecule is CSCCC(NC(=O)C(Cc1ccccc1)NC(=O)CNC(=O)CCCC(N)Cc1ccc(O)cc1)C(N)=O. The quantitative estimate of drug-likeness (QED) is 0.168. The van der Waals surface area contributed by atoms with Gasteiger partial charge in [0.25, 0.3) is 0 Å². The van der Waals surface area contributed by atoms with E-state index in [1.165, 1.54) is 11.8 Å². The van der Waals surface area contributed by atoms with Crippen LogP contribution in [0.2, 0.25) is 0 Å². The minimum atomic E-state index is -0.953. The van der Waals surface area contributed by atoms with Crippen LogP contribution in [-0.2, 0) is 32.0 Å². The summed E-state index contributed by atoms with van der Waals surface area (Å²) in [6.45, 7) is -0.289. The molecule has 0 saturated carbocycles. The third-order valence-electron chi connectivity index (χ3n) is 6.06. The molecule has 0 heterocycles. The highest BCUT2D eigenvalue weighted by Crippen LogP contribution is 2.12. The molecule has 212 valence electrons. The molecule has 8 N–H and O–H groups in total. The molecule has 10 nitrogen and oxygen atoms in total. The monoisotopic (exact) mass is 557 g/mol. The topological polar surface area (TPSA) is 177 Å². The lowest BCUT2D eigenvalue weighted by atomic mass is 10.0. The number of rotatable bonds is 17. The molecular weight excluding hydrogens is 518 g/mol. The minimum Gasteiger partial charge on any atom is -0.508 e. The van der Waals surface area contributed by atoms with Crippen molar-refractivity contribution in [2.45, 2.75) is 56.7 Å². The highest BCUT2D eigenvalue weighted by molar-refractivity contribution is 7.98. The summed E-state index contributed by atoms with van der Waals surface area (Å²) in [4.78, 5) is 49.7. The lowest BCUT2D eigenvalue weighted by molar-refractivity contribution is -0.131. The number of hydrogen-bond acceptors (Lipinski definition) is 7. The second kappa shape index (κ2) is 17.1. The fourth-order valence-corrected chi connectivity index (χ4v) is 4.40. The second-order valence-electron chi connectivity index (χ2n) is 9.35. The fraction of sp³-hybridized carbons (Fsp3) is 0.429. The summed E-state index contributed by atoms with van der Waals surface area (Å²) >= 11 is 1.53. The molecule has 0 aliphatic heterocycles. The molecule has 2 aromatic rings. The Hall–Kier alpha value is -3.57. The summed E-state index contributed by atoms with van der Waals surface area (Å²) < 4.78 is 0. The average Bonchev–Trinajstić information content (AvgIpc) is 2.91. The number of aromatic hydroxyl groups is 1. The van der Waals surface area contributed by atoms with Crippen molar-refractivity contribution in [1.82, 2.24) is 16.0 Å². The number of thioether (sulfide) groups is 1. The van der Waals surface area contributed by atoms with E-state index in [1.54, 1.807) is 12.1 Å². The maximum absolute atomic E-state index is 13.0. The number of hydrogen-bond donors (Lipinski definition) is 6. The molecule has 0 fully saturated rings. The van der Waals surface area contributed by atoms with Crippen molar-refractivity contribution >= 4 is 35.4 Å². The zero-order valence-electron chi connectivity index (χ0n) is 22.2. The van der Waals surface area contributed by atoms with Crippen LogP contribution in [0.25, 0.3) is 0 Å². The average molecular weight is 558 g/mol. The number of carbonyl (C=O) groups is 4. The van der Waals surface area contributed by atoms with Crippen molar-refractivity contribution in [3.8, 4) is 5.75 Å². The van der Waals surface area contributed by atoms with Crippen LogP contribution in [-0.4, -0.2) is 65.4 Å². The molecule has 3 atom stereocenters. The second-order valence-corrected chi connectivity index (χ2v) is 10.3. The number of benzene rings is 2. The van der Waals surface area contributed by atoms with Crippen LogP contribution in [0.15, 0.2) is 54.6 Å². The first-order chi connectivity index (χ1) is 18.7. The number of amides is 4. The number of phenolic OH excluding ortho intramolecular Hbond substituents is 1. The first kappa shape index (κ1) is 31.6. The summed E-state index contributed by atoms with van der Waals surface area (Å²) in [5.74, 6) is -1.15. The Labute approximate surface area is 233 Å². The van der Waals surface area contributed by atoms with Gasteiger partial charge >= 0.3 is 0 Å². The van der Waals surface area contributed by atoms with Gasteiger partial charge in [-0.3, -0.25) is 19.2 Å². The molecule has 3 unspecified atom stereocenters. The van der Waals surface area contributed by atoms with Crippen LogP contribution in [0.5, 0.6) is 5.75 Å². The van der Waals surface area contributed by atoms with Crippen molar-refractivity contribution < 1.29 is 24.3 Å². The normalized spacial score (nSPS) is 13.1. The van der Waals surface area contributed by atoms with E-state index in [-0.39, 0.29) is 37.1 Å². The number of nitrogens with one attached hydrogen (secondary N) is 3. The van der Waals surface area contributed by atoms with Gasteiger partial charge in [0.15, 0.2) is 0 Å². The van der Waals surface area contributed by atoms with Crippen LogP contribution in [0, 0.1) is 0 Å². The van der Waals surface area contributed by atoms with E-state index in [0.29, 0.717) is 31.4 Å². The predicted molar refractivity (Wildman–Crippen MR) is 153 cm³/mol. The van der Waals surface area contributed by atoms with Gasteiger partial charge in [0.05, 0.1) is 6.54 Å². The van der Waals surface area contributed by atoms with Gasteiger partial charge in [0.2, 0.25) is 23.6 Å². The van der Waals surface area contributed by atoms with Gasteiger partial charge in [-0.25, -0.2) is 0 Å². The van der Waals surface area contributed by atoms with Gasteiger partial charge in [-0.05, 0) is 61.0 Å². The third kappa shape index (κ3) is 12.7. The summed E-state index contributed by atoms with van der Waals surface area (Å²) in [5, 5.41) is 17.3. The number of carbonyl (C=O) groups excluding carboxylic acids is 4. The maximum atomic E-state index is 13.0. The van der Waals surface area contributed by atoms with E-state index in [0.717, 1.165) is 11.1 Å². The van der Waals surface area contributed by atoms with Gasteiger partial charge in [-0.2, -0.15) is 11.8 Å². The van der Waals surface area contributed by atoms with E-state index in [1.807, 2.05) is 48.7 Å². The maximum Gasteiger partial charge on any atom is 0.243 e. The molecule has 11 heteroatoms. The van der Waals surface area contributed by atoms with Gasteiger partial charge in [-0.15, -0.1) is 0 Å². The number of phenols is 1. The Bertz CT molecular complexity index is 1070. The van der Waals surface area contributed by atoms with Crippen LogP contribution >= 0.6 is 11.8 Å². The highest BCUT2D eigenvalue weighted by Gasteiger charge is 2.26. The molecule has 2 rings (SSSR count). The molecule has 0 spiro atoms. The Morgan fingerprint density at radius 2 is 1.54 bits per heavy atom. The molecule has 4 amide bonds. The van der Waals surface area contributed by atoms with E-state index in [2.05, 4.69) is 16.0 Å². The summed E-state index contributed by atoms with van der Waals surface area (Å²) in [6, 6.07) is 14.1. The lowest BCUT2D eigenvalue weighted by Gasteiger charge is -2.22. The zero-order valence-corrected chi connectivity index (χ0v) is 23.0. The molecular formula is C28H39N5O5S. The van der Waals surface area contributed by atoms with Gasteiger partial charge in [0.1, 0.15) is 17.8 Å².